The predicted octanol–water partition coefficient (Wildman–Crippen LogP) is 4.66. The molecule has 1 aliphatic rings. The minimum Gasteiger partial charge on any atom is -0.386 e. The third kappa shape index (κ3) is 4.22. The Morgan fingerprint density at radius 1 is 0.957 bits per heavy atom. The van der Waals surface area contributed by atoms with Gasteiger partial charge in [0.2, 0.25) is 0 Å². The lowest BCUT2D eigenvalue weighted by atomic mass is 9.94. The molecule has 0 N–H and O–H groups in total. The highest BCUT2D eigenvalue weighted by Gasteiger charge is 2.32. The summed E-state index contributed by atoms with van der Waals surface area (Å²) in [6, 6.07) is 3.51. The SMILES string of the molecule is C#Cc1c(CCCCCCCCCC)ccc2c1C(=O)OC2=O. The van der Waals surface area contributed by atoms with Crippen molar-refractivity contribution in [1.29, 1.82) is 0 Å². The zero-order chi connectivity index (χ0) is 16.7. The molecule has 1 aromatic carbocycles. The second-order valence-electron chi connectivity index (χ2n) is 6.07. The Kier molecular flexibility index (Phi) is 6.40. The molecule has 0 unspecified atom stereocenters. The number of esters is 2. The van der Waals surface area contributed by atoms with Gasteiger partial charge in [-0.3, -0.25) is 0 Å². The molecule has 3 nitrogen and oxygen atoms in total. The normalized spacial score (nSPS) is 12.9. The fraction of sp³-hybridized carbons (Fsp3) is 0.500. The van der Waals surface area contributed by atoms with Gasteiger partial charge in [0, 0.05) is 5.56 Å². The van der Waals surface area contributed by atoms with E-state index < -0.39 is 11.9 Å². The molecule has 0 aromatic heterocycles. The van der Waals surface area contributed by atoms with E-state index in [1.54, 1.807) is 6.07 Å². The number of carbonyl (C=O) groups is 2. The van der Waals surface area contributed by atoms with Gasteiger partial charge in [-0.2, -0.15) is 0 Å². The minimum atomic E-state index is -0.615. The van der Waals surface area contributed by atoms with Gasteiger partial charge in [0.05, 0.1) is 11.1 Å². The zero-order valence-electron chi connectivity index (χ0n) is 13.8. The lowest BCUT2D eigenvalue weighted by molar-refractivity contribution is 0.0443. The van der Waals surface area contributed by atoms with Crippen LogP contribution in [-0.2, 0) is 11.2 Å². The van der Waals surface area contributed by atoms with Crippen LogP contribution in [0.15, 0.2) is 12.1 Å². The van der Waals surface area contributed by atoms with Gasteiger partial charge in [0.25, 0.3) is 0 Å². The summed E-state index contributed by atoms with van der Waals surface area (Å²) in [4.78, 5) is 23.3. The Morgan fingerprint density at radius 2 is 1.61 bits per heavy atom. The lowest BCUT2D eigenvalue weighted by Crippen LogP contribution is -2.02. The Balaban J connectivity index is 1.87. The number of fused-ring (bicyclic) bond motifs is 1. The molecule has 3 heteroatoms. The number of unbranched alkanes of at least 4 members (excludes halogenated alkanes) is 7. The van der Waals surface area contributed by atoms with Gasteiger partial charge in [-0.05, 0) is 24.5 Å². The van der Waals surface area contributed by atoms with E-state index in [4.69, 9.17) is 6.42 Å². The minimum absolute atomic E-state index is 0.273. The third-order valence-electron chi connectivity index (χ3n) is 4.35. The molecule has 0 bridgehead atoms. The van der Waals surface area contributed by atoms with Crippen molar-refractivity contribution in [3.63, 3.8) is 0 Å². The maximum Gasteiger partial charge on any atom is 0.348 e. The lowest BCUT2D eigenvalue weighted by Gasteiger charge is -2.07. The fourth-order valence-corrected chi connectivity index (χ4v) is 3.04. The molecule has 1 aliphatic heterocycles. The van der Waals surface area contributed by atoms with Crippen molar-refractivity contribution in [3.8, 4) is 12.3 Å². The molecular weight excluding hydrogens is 288 g/mol. The van der Waals surface area contributed by atoms with E-state index >= 15 is 0 Å². The first-order valence-electron chi connectivity index (χ1n) is 8.58. The molecule has 122 valence electrons. The Hall–Kier alpha value is -2.08. The van der Waals surface area contributed by atoms with Gasteiger partial charge in [-0.25, -0.2) is 9.59 Å². The van der Waals surface area contributed by atoms with E-state index in [0.29, 0.717) is 11.1 Å². The van der Waals surface area contributed by atoms with E-state index in [9.17, 15) is 9.59 Å². The monoisotopic (exact) mass is 312 g/mol. The largest absolute Gasteiger partial charge is 0.386 e. The van der Waals surface area contributed by atoms with Crippen LogP contribution in [0.3, 0.4) is 0 Å². The van der Waals surface area contributed by atoms with Crippen molar-refractivity contribution >= 4 is 11.9 Å². The molecule has 0 saturated carbocycles. The highest BCUT2D eigenvalue weighted by Crippen LogP contribution is 2.27. The summed E-state index contributed by atoms with van der Waals surface area (Å²) < 4.78 is 4.65. The van der Waals surface area contributed by atoms with E-state index in [1.807, 2.05) is 6.07 Å². The summed E-state index contributed by atoms with van der Waals surface area (Å²) in [5.74, 6) is 1.36. The molecule has 1 aromatic rings. The average Bonchev–Trinajstić information content (AvgIpc) is 2.84. The molecule has 0 spiro atoms. The fourth-order valence-electron chi connectivity index (χ4n) is 3.04. The third-order valence-corrected chi connectivity index (χ3v) is 4.35. The quantitative estimate of drug-likeness (QED) is 0.288. The topological polar surface area (TPSA) is 43.4 Å². The predicted molar refractivity (Wildman–Crippen MR) is 90.4 cm³/mol. The van der Waals surface area contributed by atoms with Crippen molar-refractivity contribution < 1.29 is 14.3 Å². The van der Waals surface area contributed by atoms with Crippen LogP contribution in [-0.4, -0.2) is 11.9 Å². The first-order valence-corrected chi connectivity index (χ1v) is 8.58. The molecule has 23 heavy (non-hydrogen) atoms. The van der Waals surface area contributed by atoms with Crippen LogP contribution in [0, 0.1) is 12.3 Å². The standard InChI is InChI=1S/C20H24O3/c1-3-5-6-7-8-9-10-11-12-15-13-14-17-18(16(15)4-2)20(22)23-19(17)21/h2,13-14H,3,5-12H2,1H3. The Bertz CT molecular complexity index is 623. The van der Waals surface area contributed by atoms with E-state index in [0.717, 1.165) is 24.8 Å². The van der Waals surface area contributed by atoms with Gasteiger partial charge in [-0.15, -0.1) is 6.42 Å². The summed E-state index contributed by atoms with van der Waals surface area (Å²) in [5.41, 5.74) is 2.06. The molecule has 2 rings (SSSR count). The first-order chi connectivity index (χ1) is 11.2. The van der Waals surface area contributed by atoms with E-state index in [1.165, 1.54) is 38.5 Å². The van der Waals surface area contributed by atoms with Crippen LogP contribution in [0.5, 0.6) is 0 Å². The highest BCUT2D eigenvalue weighted by molar-refractivity contribution is 6.16. The zero-order valence-corrected chi connectivity index (χ0v) is 13.8. The average molecular weight is 312 g/mol. The number of carbonyl (C=O) groups excluding carboxylic acids is 2. The van der Waals surface area contributed by atoms with E-state index in [2.05, 4.69) is 17.6 Å². The van der Waals surface area contributed by atoms with Crippen molar-refractivity contribution in [2.75, 3.05) is 0 Å². The van der Waals surface area contributed by atoms with Crippen molar-refractivity contribution in [2.45, 2.75) is 64.7 Å². The van der Waals surface area contributed by atoms with Crippen LogP contribution in [0.4, 0.5) is 0 Å². The molecule has 0 atom stereocenters. The van der Waals surface area contributed by atoms with Crippen LogP contribution >= 0.6 is 0 Å². The molecule has 0 aliphatic carbocycles. The number of cyclic esters (lactones) is 2. The Morgan fingerprint density at radius 3 is 2.26 bits per heavy atom. The molecule has 1 heterocycles. The Labute approximate surface area is 138 Å². The number of aryl methyl sites for hydroxylation is 1. The van der Waals surface area contributed by atoms with Crippen LogP contribution in [0.25, 0.3) is 0 Å². The number of hydrogen-bond donors (Lipinski definition) is 0. The number of hydrogen-bond acceptors (Lipinski definition) is 3. The van der Waals surface area contributed by atoms with Crippen molar-refractivity contribution in [1.82, 2.24) is 0 Å². The molecular formula is C20H24O3. The summed E-state index contributed by atoms with van der Waals surface area (Å²) >= 11 is 0. The second-order valence-corrected chi connectivity index (χ2v) is 6.07. The molecule has 0 saturated heterocycles. The number of rotatable bonds is 9. The van der Waals surface area contributed by atoms with Gasteiger partial charge in [0.1, 0.15) is 0 Å². The summed E-state index contributed by atoms with van der Waals surface area (Å²) in [6.45, 7) is 2.23. The van der Waals surface area contributed by atoms with Gasteiger partial charge in [-0.1, -0.05) is 63.9 Å². The summed E-state index contributed by atoms with van der Waals surface area (Å²) in [7, 11) is 0. The number of benzene rings is 1. The van der Waals surface area contributed by atoms with Gasteiger partial charge < -0.3 is 4.74 Å². The summed E-state index contributed by atoms with van der Waals surface area (Å²) in [6.07, 6.45) is 16.4. The smallest absolute Gasteiger partial charge is 0.348 e. The van der Waals surface area contributed by atoms with Gasteiger partial charge >= 0.3 is 11.9 Å². The van der Waals surface area contributed by atoms with Crippen molar-refractivity contribution in [3.05, 3.63) is 34.4 Å². The molecule has 0 amide bonds. The number of terminal acetylenes is 1. The van der Waals surface area contributed by atoms with Crippen LogP contribution in [0.2, 0.25) is 0 Å². The maximum atomic E-state index is 11.8. The molecule has 0 fully saturated rings. The van der Waals surface area contributed by atoms with E-state index in [-0.39, 0.29) is 5.56 Å². The van der Waals surface area contributed by atoms with Crippen molar-refractivity contribution in [2.24, 2.45) is 0 Å². The maximum absolute atomic E-state index is 11.8. The van der Waals surface area contributed by atoms with Gasteiger partial charge in [0.15, 0.2) is 0 Å². The second kappa shape index (κ2) is 8.53. The highest BCUT2D eigenvalue weighted by atomic mass is 16.6. The van der Waals surface area contributed by atoms with Crippen LogP contribution < -0.4 is 0 Å². The van der Waals surface area contributed by atoms with Crippen LogP contribution in [0.1, 0.15) is 90.1 Å². The number of ether oxygens (including phenoxy) is 1. The first kappa shape index (κ1) is 17.3. The molecule has 0 radical (unpaired) electrons. The summed E-state index contributed by atoms with van der Waals surface area (Å²) in [5, 5.41) is 0.